The van der Waals surface area contributed by atoms with Crippen LogP contribution in [-0.4, -0.2) is 68.8 Å². The fourth-order valence-corrected chi connectivity index (χ4v) is 2.98. The normalized spacial score (nSPS) is 15.8. The molecule has 0 aromatic heterocycles. The van der Waals surface area contributed by atoms with E-state index in [0.29, 0.717) is 6.54 Å². The lowest BCUT2D eigenvalue weighted by Gasteiger charge is -2.33. The minimum Gasteiger partial charge on any atom is -0.497 e. The molecule has 140 valence electrons. The van der Waals surface area contributed by atoms with Crippen LogP contribution in [0, 0.1) is 0 Å². The van der Waals surface area contributed by atoms with Gasteiger partial charge in [-0.05, 0) is 43.6 Å². The van der Waals surface area contributed by atoms with Crippen molar-refractivity contribution in [1.29, 1.82) is 0 Å². The number of nitrogens with one attached hydrogen (secondary N) is 2. The summed E-state index contributed by atoms with van der Waals surface area (Å²) in [7, 11) is 1.64. The Kier molecular flexibility index (Phi) is 8.55. The van der Waals surface area contributed by atoms with E-state index in [1.165, 1.54) is 26.2 Å². The van der Waals surface area contributed by atoms with Gasteiger partial charge in [0.05, 0.1) is 7.11 Å². The summed E-state index contributed by atoms with van der Waals surface area (Å²) in [5.41, 5.74) is 1.06. The number of nitrogens with zero attached hydrogens (tertiary/aromatic N) is 2. The molecular formula is C19H32N4O2. The van der Waals surface area contributed by atoms with Crippen molar-refractivity contribution in [2.24, 2.45) is 0 Å². The predicted molar refractivity (Wildman–Crippen MR) is 101 cm³/mol. The Morgan fingerprint density at radius 2 is 1.72 bits per heavy atom. The zero-order valence-electron chi connectivity index (χ0n) is 15.6. The van der Waals surface area contributed by atoms with Crippen LogP contribution in [0.15, 0.2) is 24.3 Å². The summed E-state index contributed by atoms with van der Waals surface area (Å²) in [4.78, 5) is 16.8. The second kappa shape index (κ2) is 10.9. The Bertz CT molecular complexity index is 499. The lowest BCUT2D eigenvalue weighted by atomic mass is 10.2. The molecular weight excluding hydrogens is 316 g/mol. The smallest absolute Gasteiger partial charge is 0.315 e. The minimum atomic E-state index is -0.104. The first kappa shape index (κ1) is 19.5. The number of urea groups is 1. The van der Waals surface area contributed by atoms with Gasteiger partial charge < -0.3 is 25.2 Å². The maximum atomic E-state index is 11.8. The number of carbonyl (C=O) groups excluding carboxylic acids is 1. The van der Waals surface area contributed by atoms with Crippen molar-refractivity contribution in [2.45, 2.75) is 26.3 Å². The van der Waals surface area contributed by atoms with E-state index >= 15 is 0 Å². The number of unbranched alkanes of at least 4 members (excludes halogenated alkanes) is 1. The number of hydrogen-bond acceptors (Lipinski definition) is 4. The average molecular weight is 348 g/mol. The predicted octanol–water partition coefficient (Wildman–Crippen LogP) is 1.91. The average Bonchev–Trinajstić information content (AvgIpc) is 2.67. The highest BCUT2D eigenvalue weighted by atomic mass is 16.5. The van der Waals surface area contributed by atoms with E-state index in [0.717, 1.165) is 43.8 Å². The van der Waals surface area contributed by atoms with E-state index in [2.05, 4.69) is 27.4 Å². The Labute approximate surface area is 151 Å². The zero-order chi connectivity index (χ0) is 17.9. The number of hydrogen-bond donors (Lipinski definition) is 2. The Morgan fingerprint density at radius 3 is 2.36 bits per heavy atom. The third kappa shape index (κ3) is 7.32. The largest absolute Gasteiger partial charge is 0.497 e. The SMILES string of the molecule is CCN1CCN(CCCCNC(=O)NCc2ccc(OC)cc2)CC1. The molecule has 0 radical (unpaired) electrons. The molecule has 6 heteroatoms. The highest BCUT2D eigenvalue weighted by molar-refractivity contribution is 5.73. The second-order valence-corrected chi connectivity index (χ2v) is 6.44. The van der Waals surface area contributed by atoms with Crippen molar-refractivity contribution in [3.8, 4) is 5.75 Å². The van der Waals surface area contributed by atoms with E-state index in [1.807, 2.05) is 24.3 Å². The number of ether oxygens (including phenoxy) is 1. The van der Waals surface area contributed by atoms with Crippen LogP contribution in [0.25, 0.3) is 0 Å². The molecule has 0 unspecified atom stereocenters. The van der Waals surface area contributed by atoms with Crippen LogP contribution in [0.3, 0.4) is 0 Å². The van der Waals surface area contributed by atoms with Crippen molar-refractivity contribution in [1.82, 2.24) is 20.4 Å². The first-order valence-electron chi connectivity index (χ1n) is 9.30. The number of piperazine rings is 1. The quantitative estimate of drug-likeness (QED) is 0.670. The number of benzene rings is 1. The summed E-state index contributed by atoms with van der Waals surface area (Å²) in [6.07, 6.45) is 2.15. The number of methoxy groups -OCH3 is 1. The summed E-state index contributed by atoms with van der Waals surface area (Å²) in [5.74, 6) is 0.823. The fraction of sp³-hybridized carbons (Fsp3) is 0.632. The maximum absolute atomic E-state index is 11.8. The summed E-state index contributed by atoms with van der Waals surface area (Å²) in [5, 5.41) is 5.81. The van der Waals surface area contributed by atoms with E-state index in [-0.39, 0.29) is 6.03 Å². The monoisotopic (exact) mass is 348 g/mol. The van der Waals surface area contributed by atoms with Crippen LogP contribution in [0.1, 0.15) is 25.3 Å². The van der Waals surface area contributed by atoms with Gasteiger partial charge in [0, 0.05) is 39.3 Å². The number of rotatable bonds is 9. The van der Waals surface area contributed by atoms with E-state index in [4.69, 9.17) is 4.74 Å². The Morgan fingerprint density at radius 1 is 1.04 bits per heavy atom. The molecule has 0 saturated carbocycles. The number of likely N-dealkylation sites (N-methyl/N-ethyl adjacent to an activating group) is 1. The van der Waals surface area contributed by atoms with Gasteiger partial charge in [-0.2, -0.15) is 0 Å². The highest BCUT2D eigenvalue weighted by Gasteiger charge is 2.14. The molecule has 1 fully saturated rings. The molecule has 1 aliphatic rings. The molecule has 2 amide bonds. The molecule has 1 aliphatic heterocycles. The maximum Gasteiger partial charge on any atom is 0.315 e. The molecule has 1 saturated heterocycles. The third-order valence-corrected chi connectivity index (χ3v) is 4.71. The number of carbonyl (C=O) groups is 1. The van der Waals surface area contributed by atoms with Crippen molar-refractivity contribution >= 4 is 6.03 Å². The summed E-state index contributed by atoms with van der Waals surface area (Å²) in [6, 6.07) is 7.60. The van der Waals surface area contributed by atoms with Gasteiger partial charge in [-0.25, -0.2) is 4.79 Å². The van der Waals surface area contributed by atoms with Crippen LogP contribution >= 0.6 is 0 Å². The van der Waals surface area contributed by atoms with Gasteiger partial charge in [-0.15, -0.1) is 0 Å². The van der Waals surface area contributed by atoms with Crippen molar-refractivity contribution < 1.29 is 9.53 Å². The van der Waals surface area contributed by atoms with Crippen LogP contribution in [0.5, 0.6) is 5.75 Å². The Balaban J connectivity index is 1.49. The lowest BCUT2D eigenvalue weighted by molar-refractivity contribution is 0.135. The van der Waals surface area contributed by atoms with Crippen molar-refractivity contribution in [2.75, 3.05) is 52.9 Å². The zero-order valence-corrected chi connectivity index (χ0v) is 15.6. The van der Waals surface area contributed by atoms with E-state index < -0.39 is 0 Å². The highest BCUT2D eigenvalue weighted by Crippen LogP contribution is 2.10. The van der Waals surface area contributed by atoms with Crippen LogP contribution in [0.4, 0.5) is 4.79 Å². The van der Waals surface area contributed by atoms with E-state index in [1.54, 1.807) is 7.11 Å². The summed E-state index contributed by atoms with van der Waals surface area (Å²) in [6.45, 7) is 10.5. The second-order valence-electron chi connectivity index (χ2n) is 6.44. The van der Waals surface area contributed by atoms with Gasteiger partial charge in [0.25, 0.3) is 0 Å². The van der Waals surface area contributed by atoms with Crippen LogP contribution in [-0.2, 0) is 6.54 Å². The van der Waals surface area contributed by atoms with Crippen LogP contribution in [0.2, 0.25) is 0 Å². The van der Waals surface area contributed by atoms with Gasteiger partial charge in [0.1, 0.15) is 5.75 Å². The topological polar surface area (TPSA) is 56.8 Å². The van der Waals surface area contributed by atoms with Crippen molar-refractivity contribution in [3.63, 3.8) is 0 Å². The van der Waals surface area contributed by atoms with Crippen LogP contribution < -0.4 is 15.4 Å². The standard InChI is InChI=1S/C19H32N4O2/c1-3-22-12-14-23(15-13-22)11-5-4-10-20-19(24)21-16-17-6-8-18(25-2)9-7-17/h6-9H,3-5,10-16H2,1-2H3,(H2,20,21,24). The third-order valence-electron chi connectivity index (χ3n) is 4.71. The molecule has 0 aliphatic carbocycles. The molecule has 1 aromatic rings. The van der Waals surface area contributed by atoms with Gasteiger partial charge >= 0.3 is 6.03 Å². The summed E-state index contributed by atoms with van der Waals surface area (Å²) >= 11 is 0. The molecule has 2 rings (SSSR count). The lowest BCUT2D eigenvalue weighted by Crippen LogP contribution is -2.46. The molecule has 2 N–H and O–H groups in total. The molecule has 0 atom stereocenters. The minimum absolute atomic E-state index is 0.104. The first-order chi connectivity index (χ1) is 12.2. The molecule has 0 bridgehead atoms. The van der Waals surface area contributed by atoms with Crippen molar-refractivity contribution in [3.05, 3.63) is 29.8 Å². The van der Waals surface area contributed by atoms with Gasteiger partial charge in [0.15, 0.2) is 0 Å². The molecule has 1 heterocycles. The van der Waals surface area contributed by atoms with Gasteiger partial charge in [-0.3, -0.25) is 0 Å². The summed E-state index contributed by atoms with van der Waals surface area (Å²) < 4.78 is 5.12. The first-order valence-corrected chi connectivity index (χ1v) is 9.30. The van der Waals surface area contributed by atoms with E-state index in [9.17, 15) is 4.79 Å². The number of amides is 2. The fourth-order valence-electron chi connectivity index (χ4n) is 2.98. The molecule has 6 nitrogen and oxygen atoms in total. The van der Waals surface area contributed by atoms with Gasteiger partial charge in [-0.1, -0.05) is 19.1 Å². The molecule has 1 aromatic carbocycles. The molecule has 25 heavy (non-hydrogen) atoms. The van der Waals surface area contributed by atoms with Gasteiger partial charge in [0.2, 0.25) is 0 Å². The molecule has 0 spiro atoms. The Hall–Kier alpha value is -1.79.